The van der Waals surface area contributed by atoms with Crippen LogP contribution in [-0.4, -0.2) is 59.0 Å². The zero-order valence-corrected chi connectivity index (χ0v) is 16.9. The van der Waals surface area contributed by atoms with Crippen molar-refractivity contribution in [2.75, 3.05) is 13.7 Å². The van der Waals surface area contributed by atoms with Gasteiger partial charge in [0.2, 0.25) is 11.8 Å². The van der Waals surface area contributed by atoms with Crippen molar-refractivity contribution in [3.63, 3.8) is 0 Å². The van der Waals surface area contributed by atoms with Gasteiger partial charge in [0, 0.05) is 18.3 Å². The summed E-state index contributed by atoms with van der Waals surface area (Å²) in [6.07, 6.45) is 4.43. The Morgan fingerprint density at radius 2 is 2.07 bits per heavy atom. The number of ketones is 1. The molecule has 0 saturated carbocycles. The molecule has 1 aromatic rings. The van der Waals surface area contributed by atoms with E-state index in [0.29, 0.717) is 12.3 Å². The average Bonchev–Trinajstić information content (AvgIpc) is 2.86. The smallest absolute Gasteiger partial charge is 0.408 e. The second kappa shape index (κ2) is 8.86. The Balaban J connectivity index is 1.92. The van der Waals surface area contributed by atoms with Gasteiger partial charge in [-0.25, -0.2) is 9.78 Å². The van der Waals surface area contributed by atoms with E-state index in [1.165, 1.54) is 18.1 Å². The molecule has 8 nitrogen and oxygen atoms in total. The molecule has 0 radical (unpaired) electrons. The number of hydrogen-bond acceptors (Lipinski definition) is 6. The zero-order valence-electron chi connectivity index (χ0n) is 16.9. The number of hydrogen-bond donors (Lipinski definition) is 1. The van der Waals surface area contributed by atoms with Crippen molar-refractivity contribution in [3.8, 4) is 5.88 Å². The first-order chi connectivity index (χ1) is 13.1. The number of alkyl carbamates (subject to hydrolysis) is 1. The summed E-state index contributed by atoms with van der Waals surface area (Å²) in [4.78, 5) is 42.3. The van der Waals surface area contributed by atoms with Crippen LogP contribution in [0.15, 0.2) is 24.4 Å². The van der Waals surface area contributed by atoms with Gasteiger partial charge in [-0.15, -0.1) is 0 Å². The minimum atomic E-state index is -0.688. The summed E-state index contributed by atoms with van der Waals surface area (Å²) >= 11 is 0. The largest absolute Gasteiger partial charge is 0.481 e. The zero-order chi connectivity index (χ0) is 20.9. The highest BCUT2D eigenvalue weighted by molar-refractivity contribution is 5.98. The fourth-order valence-electron chi connectivity index (χ4n) is 2.81. The van der Waals surface area contributed by atoms with Crippen LogP contribution in [-0.2, 0) is 14.3 Å². The molecular formula is C20H27N3O5. The first-order valence-corrected chi connectivity index (χ1v) is 9.10. The van der Waals surface area contributed by atoms with Gasteiger partial charge >= 0.3 is 6.09 Å². The van der Waals surface area contributed by atoms with E-state index in [4.69, 9.17) is 9.47 Å². The molecule has 2 heterocycles. The highest BCUT2D eigenvalue weighted by atomic mass is 16.6. The first-order valence-electron chi connectivity index (χ1n) is 9.10. The summed E-state index contributed by atoms with van der Waals surface area (Å²) in [5.74, 6) is -0.0105. The van der Waals surface area contributed by atoms with Crippen LogP contribution in [0.1, 0.15) is 39.7 Å². The maximum Gasteiger partial charge on any atom is 0.408 e. The molecule has 152 valence electrons. The van der Waals surface area contributed by atoms with Gasteiger partial charge in [-0.05, 0) is 57.9 Å². The van der Waals surface area contributed by atoms with Crippen LogP contribution in [0.3, 0.4) is 0 Å². The number of carbonyl (C=O) groups is 3. The Labute approximate surface area is 164 Å². The van der Waals surface area contributed by atoms with Gasteiger partial charge in [-0.3, -0.25) is 9.59 Å². The quantitative estimate of drug-likeness (QED) is 0.749. The molecule has 2 amide bonds. The lowest BCUT2D eigenvalue weighted by molar-refractivity contribution is -0.133. The number of likely N-dealkylation sites (tertiary alicyclic amines) is 1. The molecule has 28 heavy (non-hydrogen) atoms. The van der Waals surface area contributed by atoms with E-state index in [-0.39, 0.29) is 24.3 Å². The van der Waals surface area contributed by atoms with Gasteiger partial charge in [0.25, 0.3) is 0 Å². The standard InChI is InChI=1S/C20H27N3O5/c1-13-10-16(22-19(26)28-20(2,3)4)18(25)23(13)12-15(24)8-6-14-7-9-17(27-5)21-11-14/h6-9,11,13,16H,10,12H2,1-5H3,(H,22,26)/b8-6+/t13-,16+/m1/s1. The number of methoxy groups -OCH3 is 1. The highest BCUT2D eigenvalue weighted by Crippen LogP contribution is 2.20. The molecule has 0 aliphatic carbocycles. The predicted octanol–water partition coefficient (Wildman–Crippen LogP) is 2.19. The summed E-state index contributed by atoms with van der Waals surface area (Å²) in [5.41, 5.74) is 0.105. The SMILES string of the molecule is COc1ccc(/C=C/C(=O)CN2C(=O)[C@@H](NC(=O)OC(C)(C)C)C[C@H]2C)cn1. The van der Waals surface area contributed by atoms with Crippen LogP contribution in [0.2, 0.25) is 0 Å². The number of pyridine rings is 1. The van der Waals surface area contributed by atoms with Crippen LogP contribution in [0, 0.1) is 0 Å². The van der Waals surface area contributed by atoms with E-state index in [9.17, 15) is 14.4 Å². The van der Waals surface area contributed by atoms with E-state index in [1.807, 2.05) is 6.92 Å². The fourth-order valence-corrected chi connectivity index (χ4v) is 2.81. The van der Waals surface area contributed by atoms with Crippen LogP contribution in [0.25, 0.3) is 6.08 Å². The number of amides is 2. The molecule has 1 aromatic heterocycles. The third kappa shape index (κ3) is 6.07. The molecule has 2 atom stereocenters. The van der Waals surface area contributed by atoms with Crippen LogP contribution < -0.4 is 10.1 Å². The van der Waals surface area contributed by atoms with Crippen molar-refractivity contribution in [1.82, 2.24) is 15.2 Å². The Kier molecular flexibility index (Phi) is 6.77. The molecule has 0 spiro atoms. The van der Waals surface area contributed by atoms with Gasteiger partial charge in [0.1, 0.15) is 11.6 Å². The fraction of sp³-hybridized carbons (Fsp3) is 0.500. The summed E-state index contributed by atoms with van der Waals surface area (Å²) in [7, 11) is 1.53. The van der Waals surface area contributed by atoms with Crippen molar-refractivity contribution in [3.05, 3.63) is 30.0 Å². The van der Waals surface area contributed by atoms with Crippen LogP contribution in [0.4, 0.5) is 4.79 Å². The molecule has 8 heteroatoms. The number of nitrogens with zero attached hydrogens (tertiary/aromatic N) is 2. The lowest BCUT2D eigenvalue weighted by Crippen LogP contribution is -2.44. The number of rotatable bonds is 6. The second-order valence-corrected chi connectivity index (χ2v) is 7.68. The number of ether oxygens (including phenoxy) is 2. The number of aromatic nitrogens is 1. The Morgan fingerprint density at radius 1 is 1.36 bits per heavy atom. The van der Waals surface area contributed by atoms with E-state index in [0.717, 1.165) is 5.56 Å². The molecular weight excluding hydrogens is 362 g/mol. The first kappa shape index (κ1) is 21.4. The summed E-state index contributed by atoms with van der Waals surface area (Å²) in [6.45, 7) is 7.05. The third-order valence-corrected chi connectivity index (χ3v) is 4.14. The lowest BCUT2D eigenvalue weighted by atomic mass is 10.2. The normalized spacial score (nSPS) is 19.8. The van der Waals surface area contributed by atoms with Gasteiger partial charge in [0.05, 0.1) is 13.7 Å². The van der Waals surface area contributed by atoms with Gasteiger partial charge in [-0.2, -0.15) is 0 Å². The van der Waals surface area contributed by atoms with Crippen LogP contribution in [0.5, 0.6) is 5.88 Å². The summed E-state index contributed by atoms with van der Waals surface area (Å²) < 4.78 is 10.2. The molecule has 1 aliphatic rings. The maximum absolute atomic E-state index is 12.6. The Hall–Kier alpha value is -2.90. The van der Waals surface area contributed by atoms with Crippen molar-refractivity contribution in [1.29, 1.82) is 0 Å². The van der Waals surface area contributed by atoms with Crippen molar-refractivity contribution < 1.29 is 23.9 Å². The minimum absolute atomic E-state index is 0.0490. The molecule has 0 aromatic carbocycles. The van der Waals surface area contributed by atoms with E-state index in [1.54, 1.807) is 45.2 Å². The van der Waals surface area contributed by atoms with E-state index in [2.05, 4.69) is 10.3 Å². The minimum Gasteiger partial charge on any atom is -0.481 e. The van der Waals surface area contributed by atoms with Gasteiger partial charge in [0.15, 0.2) is 5.78 Å². The van der Waals surface area contributed by atoms with E-state index >= 15 is 0 Å². The number of carbonyl (C=O) groups excluding carboxylic acids is 3. The van der Waals surface area contributed by atoms with E-state index < -0.39 is 17.7 Å². The topological polar surface area (TPSA) is 97.8 Å². The molecule has 1 aliphatic heterocycles. The second-order valence-electron chi connectivity index (χ2n) is 7.68. The van der Waals surface area contributed by atoms with Crippen molar-refractivity contribution in [2.24, 2.45) is 0 Å². The molecule has 0 unspecified atom stereocenters. The van der Waals surface area contributed by atoms with Gasteiger partial charge in [-0.1, -0.05) is 0 Å². The molecule has 0 bridgehead atoms. The molecule has 2 rings (SSSR count). The highest BCUT2D eigenvalue weighted by Gasteiger charge is 2.39. The van der Waals surface area contributed by atoms with Crippen molar-refractivity contribution in [2.45, 2.75) is 51.8 Å². The van der Waals surface area contributed by atoms with Crippen LogP contribution >= 0.6 is 0 Å². The third-order valence-electron chi connectivity index (χ3n) is 4.14. The molecule has 1 fully saturated rings. The Bertz CT molecular complexity index is 752. The van der Waals surface area contributed by atoms with Gasteiger partial charge < -0.3 is 19.7 Å². The monoisotopic (exact) mass is 389 g/mol. The summed E-state index contributed by atoms with van der Waals surface area (Å²) in [6, 6.07) is 2.63. The Morgan fingerprint density at radius 3 is 2.64 bits per heavy atom. The average molecular weight is 389 g/mol. The number of nitrogens with one attached hydrogen (secondary N) is 1. The predicted molar refractivity (Wildman–Crippen MR) is 104 cm³/mol. The van der Waals surface area contributed by atoms with Crippen molar-refractivity contribution >= 4 is 23.9 Å². The molecule has 1 N–H and O–H groups in total. The molecule has 1 saturated heterocycles. The lowest BCUT2D eigenvalue weighted by Gasteiger charge is -2.21. The maximum atomic E-state index is 12.6. The summed E-state index contributed by atoms with van der Waals surface area (Å²) in [5, 5.41) is 2.59.